The number of carbonyl (C=O) groups excluding carboxylic acids is 1. The van der Waals surface area contributed by atoms with Crippen LogP contribution in [0, 0.1) is 11.3 Å². The lowest BCUT2D eigenvalue weighted by molar-refractivity contribution is -0.114. The SMILES string of the molecule is COc1cc(/C=C\C(=O)[C@H](C#N)c2ccccn2)cc(OC)c1. The van der Waals surface area contributed by atoms with Gasteiger partial charge in [-0.2, -0.15) is 5.26 Å². The van der Waals surface area contributed by atoms with E-state index in [4.69, 9.17) is 9.47 Å². The first-order valence-corrected chi connectivity index (χ1v) is 6.93. The van der Waals surface area contributed by atoms with Crippen LogP contribution in [0.3, 0.4) is 0 Å². The summed E-state index contributed by atoms with van der Waals surface area (Å²) in [6.45, 7) is 0. The lowest BCUT2D eigenvalue weighted by atomic mass is 10.00. The highest BCUT2D eigenvalue weighted by Crippen LogP contribution is 2.23. The standard InChI is InChI=1S/C18H16N2O3/c1-22-14-9-13(10-15(11-14)23-2)6-7-18(21)16(12-19)17-5-3-4-8-20-17/h3-11,16H,1-2H3/b7-6-/t16-/m1/s1. The van der Waals surface area contributed by atoms with Crippen LogP contribution in [0.5, 0.6) is 11.5 Å². The summed E-state index contributed by atoms with van der Waals surface area (Å²) < 4.78 is 10.4. The van der Waals surface area contributed by atoms with Crippen molar-refractivity contribution in [2.75, 3.05) is 14.2 Å². The minimum atomic E-state index is -0.917. The third-order valence-electron chi connectivity index (χ3n) is 3.21. The normalized spacial score (nSPS) is 11.7. The number of ether oxygens (including phenoxy) is 2. The third kappa shape index (κ3) is 4.17. The Morgan fingerprint density at radius 1 is 1.22 bits per heavy atom. The fourth-order valence-corrected chi connectivity index (χ4v) is 2.02. The number of rotatable bonds is 6. The lowest BCUT2D eigenvalue weighted by Crippen LogP contribution is -2.09. The van der Waals surface area contributed by atoms with Gasteiger partial charge in [0.1, 0.15) is 11.5 Å². The number of benzene rings is 1. The summed E-state index contributed by atoms with van der Waals surface area (Å²) in [6.07, 6.45) is 4.56. The molecule has 0 amide bonds. The third-order valence-corrected chi connectivity index (χ3v) is 3.21. The monoisotopic (exact) mass is 308 g/mol. The van der Waals surface area contributed by atoms with Gasteiger partial charge in [-0.3, -0.25) is 9.78 Å². The molecule has 5 nitrogen and oxygen atoms in total. The largest absolute Gasteiger partial charge is 0.497 e. The molecule has 0 aliphatic heterocycles. The molecule has 0 aliphatic carbocycles. The average Bonchev–Trinajstić information content (AvgIpc) is 2.61. The van der Waals surface area contributed by atoms with Gasteiger partial charge in [-0.25, -0.2) is 0 Å². The maximum Gasteiger partial charge on any atom is 0.178 e. The second-order valence-corrected chi connectivity index (χ2v) is 4.70. The molecule has 0 N–H and O–H groups in total. The van der Waals surface area contributed by atoms with E-state index < -0.39 is 5.92 Å². The number of nitrogens with zero attached hydrogens (tertiary/aromatic N) is 2. The number of ketones is 1. The number of hydrogen-bond acceptors (Lipinski definition) is 5. The van der Waals surface area contributed by atoms with E-state index in [1.807, 2.05) is 6.07 Å². The molecule has 1 atom stereocenters. The van der Waals surface area contributed by atoms with Gasteiger partial charge in [0.05, 0.1) is 26.0 Å². The molecular weight excluding hydrogens is 292 g/mol. The van der Waals surface area contributed by atoms with Crippen LogP contribution < -0.4 is 9.47 Å². The summed E-state index contributed by atoms with van der Waals surface area (Å²) in [5, 5.41) is 9.23. The first-order chi connectivity index (χ1) is 11.2. The number of methoxy groups -OCH3 is 2. The molecule has 0 unspecified atom stereocenters. The fraction of sp³-hybridized carbons (Fsp3) is 0.167. The molecule has 0 saturated carbocycles. The highest BCUT2D eigenvalue weighted by molar-refractivity contribution is 6.00. The van der Waals surface area contributed by atoms with Crippen LogP contribution >= 0.6 is 0 Å². The summed E-state index contributed by atoms with van der Waals surface area (Å²) in [7, 11) is 3.11. The molecule has 0 saturated heterocycles. The van der Waals surface area contributed by atoms with Crippen LogP contribution in [-0.2, 0) is 4.79 Å². The zero-order chi connectivity index (χ0) is 16.7. The molecule has 0 radical (unpaired) electrons. The smallest absolute Gasteiger partial charge is 0.178 e. The summed E-state index contributed by atoms with van der Waals surface area (Å²) in [5.74, 6) is 0.00366. The number of carbonyl (C=O) groups is 1. The highest BCUT2D eigenvalue weighted by atomic mass is 16.5. The Balaban J connectivity index is 2.22. The Bertz CT molecular complexity index is 726. The maximum absolute atomic E-state index is 12.2. The zero-order valence-electron chi connectivity index (χ0n) is 12.9. The van der Waals surface area contributed by atoms with Gasteiger partial charge in [-0.05, 0) is 35.9 Å². The van der Waals surface area contributed by atoms with Gasteiger partial charge in [0.25, 0.3) is 0 Å². The molecule has 0 bridgehead atoms. The lowest BCUT2D eigenvalue weighted by Gasteiger charge is -2.06. The summed E-state index contributed by atoms with van der Waals surface area (Å²) >= 11 is 0. The van der Waals surface area contributed by atoms with Crippen molar-refractivity contribution >= 4 is 11.9 Å². The highest BCUT2D eigenvalue weighted by Gasteiger charge is 2.18. The number of hydrogen-bond donors (Lipinski definition) is 0. The summed E-state index contributed by atoms with van der Waals surface area (Å²) in [4.78, 5) is 16.3. The molecule has 1 heterocycles. The van der Waals surface area contributed by atoms with Crippen LogP contribution in [0.25, 0.3) is 6.08 Å². The van der Waals surface area contributed by atoms with E-state index >= 15 is 0 Å². The molecule has 0 spiro atoms. The predicted octanol–water partition coefficient (Wildman–Crippen LogP) is 2.99. The van der Waals surface area contributed by atoms with E-state index in [0.717, 1.165) is 5.56 Å². The molecule has 116 valence electrons. The van der Waals surface area contributed by atoms with Crippen molar-refractivity contribution in [3.05, 3.63) is 59.9 Å². The quantitative estimate of drug-likeness (QED) is 0.767. The summed E-state index contributed by atoms with van der Waals surface area (Å²) in [6, 6.07) is 12.4. The predicted molar refractivity (Wildman–Crippen MR) is 86.2 cm³/mol. The van der Waals surface area contributed by atoms with Crippen LogP contribution in [0.15, 0.2) is 48.7 Å². The Hall–Kier alpha value is -3.13. The first-order valence-electron chi connectivity index (χ1n) is 6.93. The van der Waals surface area contributed by atoms with Gasteiger partial charge < -0.3 is 9.47 Å². The van der Waals surface area contributed by atoms with E-state index in [-0.39, 0.29) is 5.78 Å². The summed E-state index contributed by atoms with van der Waals surface area (Å²) in [5.41, 5.74) is 1.18. The number of aromatic nitrogens is 1. The van der Waals surface area contributed by atoms with Crippen molar-refractivity contribution in [3.63, 3.8) is 0 Å². The van der Waals surface area contributed by atoms with Crippen molar-refractivity contribution in [1.29, 1.82) is 5.26 Å². The van der Waals surface area contributed by atoms with Crippen LogP contribution in [0.4, 0.5) is 0 Å². The molecule has 0 aliphatic rings. The molecule has 1 aromatic heterocycles. The van der Waals surface area contributed by atoms with Gasteiger partial charge in [0.15, 0.2) is 11.7 Å². The van der Waals surface area contributed by atoms with Crippen molar-refractivity contribution in [2.24, 2.45) is 0 Å². The van der Waals surface area contributed by atoms with E-state index in [9.17, 15) is 10.1 Å². The Morgan fingerprint density at radius 3 is 2.43 bits per heavy atom. The number of allylic oxidation sites excluding steroid dienone is 1. The van der Waals surface area contributed by atoms with Crippen LogP contribution in [-0.4, -0.2) is 25.0 Å². The van der Waals surface area contributed by atoms with Gasteiger partial charge in [-0.15, -0.1) is 0 Å². The van der Waals surface area contributed by atoms with E-state index in [1.54, 1.807) is 62.9 Å². The second-order valence-electron chi connectivity index (χ2n) is 4.70. The van der Waals surface area contributed by atoms with Crippen molar-refractivity contribution in [3.8, 4) is 17.6 Å². The molecule has 0 fully saturated rings. The zero-order valence-corrected chi connectivity index (χ0v) is 12.9. The van der Waals surface area contributed by atoms with Gasteiger partial charge in [0, 0.05) is 12.3 Å². The van der Waals surface area contributed by atoms with Crippen molar-refractivity contribution in [2.45, 2.75) is 5.92 Å². The molecule has 5 heteroatoms. The molecule has 23 heavy (non-hydrogen) atoms. The minimum absolute atomic E-state index is 0.326. The van der Waals surface area contributed by atoms with Gasteiger partial charge in [0.2, 0.25) is 0 Å². The van der Waals surface area contributed by atoms with Crippen molar-refractivity contribution in [1.82, 2.24) is 4.98 Å². The molecular formula is C18H16N2O3. The number of pyridine rings is 1. The Kier molecular flexibility index (Phi) is 5.48. The average molecular weight is 308 g/mol. The van der Waals surface area contributed by atoms with Crippen molar-refractivity contribution < 1.29 is 14.3 Å². The van der Waals surface area contributed by atoms with Crippen LogP contribution in [0.1, 0.15) is 17.2 Å². The van der Waals surface area contributed by atoms with Gasteiger partial charge >= 0.3 is 0 Å². The van der Waals surface area contributed by atoms with Crippen LogP contribution in [0.2, 0.25) is 0 Å². The fourth-order valence-electron chi connectivity index (χ4n) is 2.02. The Labute approximate surface area is 134 Å². The topological polar surface area (TPSA) is 72.2 Å². The van der Waals surface area contributed by atoms with E-state index in [2.05, 4.69) is 4.98 Å². The maximum atomic E-state index is 12.2. The van der Waals surface area contributed by atoms with Gasteiger partial charge in [-0.1, -0.05) is 12.1 Å². The number of nitriles is 1. The molecule has 2 aromatic rings. The van der Waals surface area contributed by atoms with E-state index in [0.29, 0.717) is 17.2 Å². The molecule has 2 rings (SSSR count). The minimum Gasteiger partial charge on any atom is -0.497 e. The molecule has 1 aromatic carbocycles. The Morgan fingerprint density at radius 2 is 1.91 bits per heavy atom. The first kappa shape index (κ1) is 16.2. The van der Waals surface area contributed by atoms with E-state index in [1.165, 1.54) is 6.08 Å². The second kappa shape index (κ2) is 7.76.